The van der Waals surface area contributed by atoms with Crippen molar-refractivity contribution in [3.63, 3.8) is 0 Å². The molecule has 1 aromatic heterocycles. The number of hydrogen-bond donors (Lipinski definition) is 2. The van der Waals surface area contributed by atoms with Gasteiger partial charge in [-0.2, -0.15) is 4.98 Å². The summed E-state index contributed by atoms with van der Waals surface area (Å²) in [5.41, 5.74) is 6.88. The molecule has 0 bridgehead atoms. The van der Waals surface area contributed by atoms with E-state index in [1.165, 1.54) is 5.56 Å². The largest absolute Gasteiger partial charge is 0.489 e. The van der Waals surface area contributed by atoms with Gasteiger partial charge in [0.05, 0.1) is 5.57 Å². The highest BCUT2D eigenvalue weighted by Crippen LogP contribution is 2.38. The predicted molar refractivity (Wildman–Crippen MR) is 182 cm³/mol. The van der Waals surface area contributed by atoms with Gasteiger partial charge in [-0.25, -0.2) is 4.68 Å². The van der Waals surface area contributed by atoms with Crippen LogP contribution in [0.3, 0.4) is 0 Å². The lowest BCUT2D eigenvalue weighted by molar-refractivity contribution is -0.113. The number of ether oxygens (including phenoxy) is 1. The number of rotatable bonds is 9. The number of amides is 1. The molecule has 0 aliphatic carbocycles. The molecule has 0 fully saturated rings. The van der Waals surface area contributed by atoms with Crippen molar-refractivity contribution in [2.75, 3.05) is 10.6 Å². The van der Waals surface area contributed by atoms with Gasteiger partial charge in [0, 0.05) is 32.7 Å². The minimum Gasteiger partial charge on any atom is -0.489 e. The van der Waals surface area contributed by atoms with E-state index in [0.29, 0.717) is 38.2 Å². The van der Waals surface area contributed by atoms with Gasteiger partial charge in [0.1, 0.15) is 18.4 Å². The molecule has 10 heteroatoms. The fraction of sp³-hybridized carbons (Fsp3) is 0.171. The van der Waals surface area contributed by atoms with Gasteiger partial charge in [-0.3, -0.25) is 4.79 Å². The Kier molecular flexibility index (Phi) is 9.16. The molecule has 1 atom stereocenters. The van der Waals surface area contributed by atoms with E-state index >= 15 is 0 Å². The molecule has 4 aromatic carbocycles. The average molecular weight is 657 g/mol. The second-order valence-electron chi connectivity index (χ2n) is 10.8. The van der Waals surface area contributed by atoms with Crippen molar-refractivity contribution in [1.82, 2.24) is 14.8 Å². The lowest BCUT2D eigenvalue weighted by Crippen LogP contribution is -2.31. The number of benzene rings is 4. The molecule has 0 saturated carbocycles. The number of allylic oxidation sites excluding steroid dienone is 1. The van der Waals surface area contributed by atoms with Gasteiger partial charge in [0.25, 0.3) is 5.91 Å². The van der Waals surface area contributed by atoms with Crippen LogP contribution < -0.4 is 15.4 Å². The highest BCUT2D eigenvalue weighted by atomic mass is 35.5. The van der Waals surface area contributed by atoms with Gasteiger partial charge in [-0.05, 0) is 67.8 Å². The number of aromatic nitrogens is 3. The third kappa shape index (κ3) is 6.88. The molecular formula is C35H31Cl2N5O2S. The van der Waals surface area contributed by atoms with Gasteiger partial charge in [-0.1, -0.05) is 101 Å². The van der Waals surface area contributed by atoms with E-state index in [4.69, 9.17) is 38.0 Å². The number of fused-ring (bicyclic) bond motifs is 1. The first-order valence-electron chi connectivity index (χ1n) is 14.4. The molecule has 1 unspecified atom stereocenters. The third-order valence-electron chi connectivity index (χ3n) is 7.56. The molecule has 5 aromatic rings. The molecule has 2 N–H and O–H groups in total. The summed E-state index contributed by atoms with van der Waals surface area (Å²) in [7, 11) is 0. The van der Waals surface area contributed by atoms with E-state index < -0.39 is 6.04 Å². The van der Waals surface area contributed by atoms with Crippen LogP contribution in [0.2, 0.25) is 10.0 Å². The highest BCUT2D eigenvalue weighted by molar-refractivity contribution is 7.98. The zero-order valence-electron chi connectivity index (χ0n) is 25.0. The molecule has 6 rings (SSSR count). The number of anilines is 2. The Morgan fingerprint density at radius 2 is 1.69 bits per heavy atom. The van der Waals surface area contributed by atoms with Crippen LogP contribution in [0.5, 0.6) is 5.75 Å². The Morgan fingerprint density at radius 3 is 2.40 bits per heavy atom. The van der Waals surface area contributed by atoms with Crippen molar-refractivity contribution in [3.8, 4) is 5.75 Å². The van der Waals surface area contributed by atoms with Crippen molar-refractivity contribution in [3.05, 3.63) is 140 Å². The Balaban J connectivity index is 1.31. The molecule has 45 heavy (non-hydrogen) atoms. The first-order valence-corrected chi connectivity index (χ1v) is 16.2. The summed E-state index contributed by atoms with van der Waals surface area (Å²) < 4.78 is 7.82. The van der Waals surface area contributed by atoms with Crippen molar-refractivity contribution < 1.29 is 9.53 Å². The molecule has 1 aliphatic rings. The van der Waals surface area contributed by atoms with Crippen molar-refractivity contribution >= 4 is 52.5 Å². The average Bonchev–Trinajstić information content (AvgIpc) is 3.43. The molecular weight excluding hydrogens is 625 g/mol. The molecule has 7 nitrogen and oxygen atoms in total. The number of carbonyl (C=O) groups is 1. The summed E-state index contributed by atoms with van der Waals surface area (Å²) in [6.45, 7) is 6.13. The molecule has 0 radical (unpaired) electrons. The first-order chi connectivity index (χ1) is 21.8. The van der Waals surface area contributed by atoms with E-state index in [1.54, 1.807) is 34.6 Å². The van der Waals surface area contributed by atoms with Crippen molar-refractivity contribution in [2.45, 2.75) is 44.3 Å². The van der Waals surface area contributed by atoms with Crippen LogP contribution in [0, 0.1) is 13.8 Å². The standard InChI is InChI=1S/C35H31Cl2N5O2S/c1-21-12-17-30(22(2)18-21)39-33(43)31-23(3)38-34-40-35(45-20-24-8-5-4-6-9-24)41-42(34)32(31)25-13-15-26(16-14-25)44-19-27-28(36)10-7-11-29(27)37/h4-18,32H,19-20H2,1-3H3,(H,39,43)(H,38,40,41). The second-order valence-corrected chi connectivity index (χ2v) is 12.6. The van der Waals surface area contributed by atoms with Crippen LogP contribution in [0.4, 0.5) is 11.6 Å². The summed E-state index contributed by atoms with van der Waals surface area (Å²) in [5.74, 6) is 1.72. The van der Waals surface area contributed by atoms with Crippen LogP contribution in [0.25, 0.3) is 0 Å². The summed E-state index contributed by atoms with van der Waals surface area (Å²) in [5, 5.41) is 13.0. The van der Waals surface area contributed by atoms with Crippen LogP contribution >= 0.6 is 35.0 Å². The van der Waals surface area contributed by atoms with E-state index in [-0.39, 0.29) is 12.5 Å². The van der Waals surface area contributed by atoms with Crippen LogP contribution in [0.1, 0.15) is 40.8 Å². The van der Waals surface area contributed by atoms with E-state index in [9.17, 15) is 4.79 Å². The first kappa shape index (κ1) is 30.8. The maximum atomic E-state index is 14.0. The molecule has 0 saturated heterocycles. The van der Waals surface area contributed by atoms with Crippen molar-refractivity contribution in [2.24, 2.45) is 0 Å². The third-order valence-corrected chi connectivity index (χ3v) is 9.18. The van der Waals surface area contributed by atoms with E-state index in [1.807, 2.05) is 81.4 Å². The quantitative estimate of drug-likeness (QED) is 0.154. The van der Waals surface area contributed by atoms with Crippen molar-refractivity contribution in [1.29, 1.82) is 0 Å². The number of carbonyl (C=O) groups excluding carboxylic acids is 1. The number of nitrogens with one attached hydrogen (secondary N) is 2. The number of hydrogen-bond acceptors (Lipinski definition) is 6. The fourth-order valence-electron chi connectivity index (χ4n) is 5.23. The lowest BCUT2D eigenvalue weighted by atomic mass is 9.94. The van der Waals surface area contributed by atoms with Crippen LogP contribution in [-0.4, -0.2) is 20.7 Å². The maximum Gasteiger partial charge on any atom is 0.255 e. The van der Waals surface area contributed by atoms with Gasteiger partial charge in [-0.15, -0.1) is 5.10 Å². The van der Waals surface area contributed by atoms with Gasteiger partial charge < -0.3 is 15.4 Å². The zero-order valence-corrected chi connectivity index (χ0v) is 27.3. The molecule has 0 spiro atoms. The summed E-state index contributed by atoms with van der Waals surface area (Å²) in [4.78, 5) is 18.8. The highest BCUT2D eigenvalue weighted by Gasteiger charge is 2.34. The smallest absolute Gasteiger partial charge is 0.255 e. The monoisotopic (exact) mass is 655 g/mol. The Morgan fingerprint density at radius 1 is 0.956 bits per heavy atom. The van der Waals surface area contributed by atoms with Crippen LogP contribution in [0.15, 0.2) is 107 Å². The molecule has 2 heterocycles. The minimum absolute atomic E-state index is 0.217. The Hall–Kier alpha value is -4.24. The summed E-state index contributed by atoms with van der Waals surface area (Å²) in [6, 6.07) is 28.6. The van der Waals surface area contributed by atoms with Crippen LogP contribution in [-0.2, 0) is 17.2 Å². The Bertz CT molecular complexity index is 1870. The van der Waals surface area contributed by atoms with Gasteiger partial charge in [0.2, 0.25) is 11.1 Å². The van der Waals surface area contributed by atoms with E-state index in [2.05, 4.69) is 22.8 Å². The van der Waals surface area contributed by atoms with Gasteiger partial charge >= 0.3 is 0 Å². The topological polar surface area (TPSA) is 81.1 Å². The number of nitrogens with zero attached hydrogens (tertiary/aromatic N) is 3. The molecule has 228 valence electrons. The normalized spacial score (nSPS) is 14.1. The lowest BCUT2D eigenvalue weighted by Gasteiger charge is -2.29. The number of halogens is 2. The second kappa shape index (κ2) is 13.4. The Labute approximate surface area is 276 Å². The SMILES string of the molecule is CC1=C(C(=O)Nc2ccc(C)cc2C)C(c2ccc(OCc3c(Cl)cccc3Cl)cc2)n2nc(SCc3ccccc3)nc2N1. The zero-order chi connectivity index (χ0) is 31.5. The van der Waals surface area contributed by atoms with E-state index in [0.717, 1.165) is 33.7 Å². The number of aryl methyl sites for hydroxylation is 2. The number of thioether (sulfide) groups is 1. The minimum atomic E-state index is -0.530. The summed E-state index contributed by atoms with van der Waals surface area (Å²) >= 11 is 14.2. The van der Waals surface area contributed by atoms with Gasteiger partial charge in [0.15, 0.2) is 0 Å². The molecule has 1 amide bonds. The maximum absolute atomic E-state index is 14.0. The summed E-state index contributed by atoms with van der Waals surface area (Å²) in [6.07, 6.45) is 0. The fourth-order valence-corrected chi connectivity index (χ4v) is 6.52. The predicted octanol–water partition coefficient (Wildman–Crippen LogP) is 9.00. The molecule has 1 aliphatic heterocycles.